The highest BCUT2D eigenvalue weighted by molar-refractivity contribution is 5.92. The summed E-state index contributed by atoms with van der Waals surface area (Å²) in [6.07, 6.45) is 2.35. The molecule has 22 heavy (non-hydrogen) atoms. The van der Waals surface area contributed by atoms with Gasteiger partial charge in [-0.3, -0.25) is 9.59 Å². The molecule has 0 bridgehead atoms. The molecule has 0 spiro atoms. The zero-order chi connectivity index (χ0) is 15.5. The number of hydrogen-bond acceptors (Lipinski definition) is 3. The molecule has 112 valence electrons. The maximum atomic E-state index is 13.3. The van der Waals surface area contributed by atoms with Crippen LogP contribution in [0.3, 0.4) is 0 Å². The van der Waals surface area contributed by atoms with Crippen LogP contribution in [0.25, 0.3) is 10.9 Å². The number of amides is 1. The van der Waals surface area contributed by atoms with E-state index < -0.39 is 0 Å². The molecule has 2 heterocycles. The van der Waals surface area contributed by atoms with Crippen LogP contribution in [0.15, 0.2) is 41.3 Å². The van der Waals surface area contributed by atoms with Crippen LogP contribution in [0, 0.1) is 5.82 Å². The van der Waals surface area contributed by atoms with E-state index in [4.69, 9.17) is 0 Å². The van der Waals surface area contributed by atoms with Gasteiger partial charge in [0.1, 0.15) is 11.5 Å². The lowest BCUT2D eigenvalue weighted by Gasteiger charge is -2.03. The smallest absolute Gasteiger partial charge is 0.271 e. The van der Waals surface area contributed by atoms with Crippen LogP contribution in [0.2, 0.25) is 0 Å². The molecule has 0 radical (unpaired) electrons. The van der Waals surface area contributed by atoms with Gasteiger partial charge in [0.05, 0.1) is 0 Å². The van der Waals surface area contributed by atoms with Crippen LogP contribution < -0.4 is 10.9 Å². The Morgan fingerprint density at radius 3 is 2.91 bits per heavy atom. The number of nitrogens with one attached hydrogen (secondary N) is 3. The molecule has 3 rings (SSSR count). The van der Waals surface area contributed by atoms with E-state index in [1.807, 2.05) is 0 Å². The van der Waals surface area contributed by atoms with Gasteiger partial charge in [0.2, 0.25) is 0 Å². The molecular weight excluding hydrogens is 287 g/mol. The average Bonchev–Trinajstić information content (AvgIpc) is 2.90. The molecule has 0 aliphatic carbocycles. The van der Waals surface area contributed by atoms with E-state index in [9.17, 15) is 14.0 Å². The van der Waals surface area contributed by atoms with Crippen molar-refractivity contribution in [3.63, 3.8) is 0 Å². The number of H-pyrrole nitrogens is 2. The van der Waals surface area contributed by atoms with Gasteiger partial charge in [-0.05, 0) is 36.2 Å². The van der Waals surface area contributed by atoms with Gasteiger partial charge >= 0.3 is 0 Å². The minimum absolute atomic E-state index is 0.143. The number of benzene rings is 1. The Hall–Kier alpha value is -2.96. The fourth-order valence-electron chi connectivity index (χ4n) is 2.23. The summed E-state index contributed by atoms with van der Waals surface area (Å²) < 4.78 is 13.3. The highest BCUT2D eigenvalue weighted by Gasteiger charge is 2.08. The van der Waals surface area contributed by atoms with Crippen LogP contribution in [0.5, 0.6) is 0 Å². The van der Waals surface area contributed by atoms with Crippen LogP contribution in [-0.4, -0.2) is 27.6 Å². The Morgan fingerprint density at radius 1 is 1.27 bits per heavy atom. The summed E-state index contributed by atoms with van der Waals surface area (Å²) in [5, 5.41) is 9.36. The number of rotatable bonds is 4. The fourth-order valence-corrected chi connectivity index (χ4v) is 2.23. The minimum Gasteiger partial charge on any atom is -0.361 e. The zero-order valence-electron chi connectivity index (χ0n) is 11.5. The summed E-state index contributed by atoms with van der Waals surface area (Å²) in [7, 11) is 0. The van der Waals surface area contributed by atoms with Gasteiger partial charge in [0.25, 0.3) is 11.5 Å². The minimum atomic E-state index is -0.373. The molecule has 6 nitrogen and oxygen atoms in total. The number of aromatic nitrogens is 3. The van der Waals surface area contributed by atoms with Crippen molar-refractivity contribution >= 4 is 16.8 Å². The van der Waals surface area contributed by atoms with Crippen molar-refractivity contribution < 1.29 is 9.18 Å². The second-order valence-corrected chi connectivity index (χ2v) is 4.82. The number of carbonyl (C=O) groups excluding carboxylic acids is 1. The van der Waals surface area contributed by atoms with Crippen molar-refractivity contribution in [1.82, 2.24) is 20.5 Å². The third kappa shape index (κ3) is 2.88. The lowest BCUT2D eigenvalue weighted by Crippen LogP contribution is -2.27. The van der Waals surface area contributed by atoms with Gasteiger partial charge in [-0.25, -0.2) is 9.49 Å². The molecule has 1 aromatic carbocycles. The monoisotopic (exact) mass is 300 g/mol. The maximum Gasteiger partial charge on any atom is 0.271 e. The summed E-state index contributed by atoms with van der Waals surface area (Å²) in [4.78, 5) is 25.8. The summed E-state index contributed by atoms with van der Waals surface area (Å²) in [6.45, 7) is 0.378. The molecule has 0 unspecified atom stereocenters. The van der Waals surface area contributed by atoms with E-state index in [-0.39, 0.29) is 23.0 Å². The predicted octanol–water partition coefficient (Wildman–Crippen LogP) is 1.36. The van der Waals surface area contributed by atoms with Crippen molar-refractivity contribution in [2.45, 2.75) is 6.42 Å². The van der Waals surface area contributed by atoms with Crippen LogP contribution in [0.1, 0.15) is 16.1 Å². The second-order valence-electron chi connectivity index (χ2n) is 4.82. The third-order valence-corrected chi connectivity index (χ3v) is 3.32. The number of nitrogens with zero attached hydrogens (tertiary/aromatic N) is 1. The van der Waals surface area contributed by atoms with E-state index in [0.717, 1.165) is 16.5 Å². The van der Waals surface area contributed by atoms with Crippen molar-refractivity contribution in [3.05, 3.63) is 64.0 Å². The largest absolute Gasteiger partial charge is 0.361 e. The standard InChI is InChI=1S/C15H13FN4O2/c16-10-1-2-12-11(7-10)9(8-18-12)5-6-17-15(22)13-3-4-14(21)20-19-13/h1-4,7-8,18H,5-6H2,(H,17,22)(H,20,21). The first-order valence-electron chi connectivity index (χ1n) is 6.73. The Morgan fingerprint density at radius 2 is 2.14 bits per heavy atom. The van der Waals surface area contributed by atoms with Crippen molar-refractivity contribution in [3.8, 4) is 0 Å². The van der Waals surface area contributed by atoms with Crippen molar-refractivity contribution in [2.75, 3.05) is 6.54 Å². The molecule has 0 saturated carbocycles. The average molecular weight is 300 g/mol. The van der Waals surface area contributed by atoms with Gasteiger partial charge in [0, 0.05) is 29.7 Å². The highest BCUT2D eigenvalue weighted by atomic mass is 19.1. The quantitative estimate of drug-likeness (QED) is 0.679. The number of hydrogen-bond donors (Lipinski definition) is 3. The lowest BCUT2D eigenvalue weighted by molar-refractivity contribution is 0.0948. The van der Waals surface area contributed by atoms with Gasteiger partial charge in [-0.1, -0.05) is 0 Å². The molecular formula is C15H13FN4O2. The number of fused-ring (bicyclic) bond motifs is 1. The fraction of sp³-hybridized carbons (Fsp3) is 0.133. The van der Waals surface area contributed by atoms with E-state index >= 15 is 0 Å². The molecule has 0 aliphatic heterocycles. The molecule has 0 aliphatic rings. The van der Waals surface area contributed by atoms with Gasteiger partial charge in [0.15, 0.2) is 0 Å². The Bertz CT molecular complexity index is 864. The molecule has 0 saturated heterocycles. The molecule has 1 amide bonds. The van der Waals surface area contributed by atoms with E-state index in [0.29, 0.717) is 13.0 Å². The topological polar surface area (TPSA) is 90.6 Å². The maximum absolute atomic E-state index is 13.3. The van der Waals surface area contributed by atoms with Crippen molar-refractivity contribution in [2.24, 2.45) is 0 Å². The number of carbonyl (C=O) groups is 1. The SMILES string of the molecule is O=C(NCCc1c[nH]c2ccc(F)cc12)c1ccc(=O)[nH]n1. The molecule has 2 aromatic heterocycles. The normalized spacial score (nSPS) is 10.8. The van der Waals surface area contributed by atoms with Crippen LogP contribution in [0.4, 0.5) is 4.39 Å². The molecule has 3 N–H and O–H groups in total. The van der Waals surface area contributed by atoms with Gasteiger partial charge in [-0.2, -0.15) is 5.10 Å². The molecule has 7 heteroatoms. The number of aromatic amines is 2. The summed E-state index contributed by atoms with van der Waals surface area (Å²) in [6, 6.07) is 7.13. The zero-order valence-corrected chi connectivity index (χ0v) is 11.5. The molecule has 0 fully saturated rings. The van der Waals surface area contributed by atoms with Crippen LogP contribution in [-0.2, 0) is 6.42 Å². The van der Waals surface area contributed by atoms with Gasteiger partial charge < -0.3 is 10.3 Å². The lowest BCUT2D eigenvalue weighted by atomic mass is 10.1. The summed E-state index contributed by atoms with van der Waals surface area (Å²) in [5.41, 5.74) is 1.55. The Kier molecular flexibility index (Phi) is 3.69. The van der Waals surface area contributed by atoms with Crippen molar-refractivity contribution in [1.29, 1.82) is 0 Å². The first-order chi connectivity index (χ1) is 10.6. The summed E-state index contributed by atoms with van der Waals surface area (Å²) >= 11 is 0. The van der Waals surface area contributed by atoms with E-state index in [1.165, 1.54) is 24.3 Å². The van der Waals surface area contributed by atoms with Crippen LogP contribution >= 0.6 is 0 Å². The predicted molar refractivity (Wildman–Crippen MR) is 79.2 cm³/mol. The second kappa shape index (κ2) is 5.80. The molecule has 0 atom stereocenters. The van der Waals surface area contributed by atoms with E-state index in [2.05, 4.69) is 20.5 Å². The Labute approximate surface area is 124 Å². The third-order valence-electron chi connectivity index (χ3n) is 3.32. The first kappa shape index (κ1) is 14.0. The number of halogens is 1. The van der Waals surface area contributed by atoms with E-state index in [1.54, 1.807) is 12.3 Å². The van der Waals surface area contributed by atoms with Gasteiger partial charge in [-0.15, -0.1) is 0 Å². The Balaban J connectivity index is 1.64. The molecule has 3 aromatic rings. The summed E-state index contributed by atoms with van der Waals surface area (Å²) in [5.74, 6) is -0.669. The first-order valence-corrected chi connectivity index (χ1v) is 6.73. The highest BCUT2D eigenvalue weighted by Crippen LogP contribution is 2.19.